The molecule has 2 aliphatic rings. The minimum atomic E-state index is 0.156. The Morgan fingerprint density at radius 2 is 1.78 bits per heavy atom. The van der Waals surface area contributed by atoms with Crippen LogP contribution in [0.3, 0.4) is 0 Å². The van der Waals surface area contributed by atoms with Crippen molar-refractivity contribution in [3.63, 3.8) is 0 Å². The number of nitrogens with one attached hydrogen (secondary N) is 1. The van der Waals surface area contributed by atoms with E-state index in [2.05, 4.69) is 37.0 Å². The summed E-state index contributed by atoms with van der Waals surface area (Å²) in [4.78, 5) is 27.5. The predicted octanol–water partition coefficient (Wildman–Crippen LogP) is -0.191. The molecule has 0 saturated carbocycles. The highest BCUT2D eigenvalue weighted by molar-refractivity contribution is 5.78. The Morgan fingerprint density at radius 1 is 1.13 bits per heavy atom. The summed E-state index contributed by atoms with van der Waals surface area (Å²) < 4.78 is 0. The van der Waals surface area contributed by atoms with Gasteiger partial charge in [-0.05, 0) is 26.0 Å². The molecule has 0 aromatic carbocycles. The number of hydrogen-bond acceptors (Lipinski definition) is 6. The molecule has 1 N–H and O–H groups in total. The van der Waals surface area contributed by atoms with Crippen LogP contribution in [0.4, 0.5) is 5.95 Å². The Morgan fingerprint density at radius 3 is 2.43 bits per heavy atom. The maximum absolute atomic E-state index is 12.2. The summed E-state index contributed by atoms with van der Waals surface area (Å²) >= 11 is 0. The van der Waals surface area contributed by atoms with Crippen molar-refractivity contribution in [2.45, 2.75) is 18.9 Å². The quantitative estimate of drug-likeness (QED) is 0.830. The topological polar surface area (TPSA) is 64.6 Å². The molecule has 1 amide bonds. The van der Waals surface area contributed by atoms with Gasteiger partial charge in [-0.25, -0.2) is 9.97 Å². The molecule has 3 heterocycles. The molecule has 7 heteroatoms. The molecule has 1 aromatic heterocycles. The zero-order valence-corrected chi connectivity index (χ0v) is 13.8. The fourth-order valence-corrected chi connectivity index (χ4v) is 3.16. The van der Waals surface area contributed by atoms with Crippen LogP contribution in [0.15, 0.2) is 18.5 Å². The number of carbonyl (C=O) groups is 1. The molecular weight excluding hydrogens is 292 g/mol. The number of carbonyl (C=O) groups excluding carboxylic acids is 1. The number of rotatable bonds is 4. The summed E-state index contributed by atoms with van der Waals surface area (Å²) in [5, 5.41) is 3.19. The Labute approximate surface area is 137 Å². The Hall–Kier alpha value is -1.73. The van der Waals surface area contributed by atoms with Gasteiger partial charge >= 0.3 is 0 Å². The van der Waals surface area contributed by atoms with Crippen LogP contribution >= 0.6 is 0 Å². The first-order valence-corrected chi connectivity index (χ1v) is 8.43. The molecule has 2 fully saturated rings. The van der Waals surface area contributed by atoms with Crippen LogP contribution in [-0.2, 0) is 4.79 Å². The van der Waals surface area contributed by atoms with Crippen molar-refractivity contribution >= 4 is 11.9 Å². The molecular formula is C16H26N6O. The minimum absolute atomic E-state index is 0.156. The lowest BCUT2D eigenvalue weighted by Crippen LogP contribution is -2.51. The molecule has 0 radical (unpaired) electrons. The molecule has 2 saturated heterocycles. The van der Waals surface area contributed by atoms with Crippen LogP contribution in [0, 0.1) is 0 Å². The van der Waals surface area contributed by atoms with E-state index >= 15 is 0 Å². The van der Waals surface area contributed by atoms with Gasteiger partial charge in [-0.2, -0.15) is 0 Å². The standard InChI is InChI=1S/C16H26N6O/c1-20-9-11-21(12-10-20)13-15(23)19-14-3-7-22(8-4-14)16-17-5-2-6-18-16/h2,5-6,14H,3-4,7-13H2,1H3,(H,19,23). The first-order valence-electron chi connectivity index (χ1n) is 8.43. The molecule has 0 unspecified atom stereocenters. The highest BCUT2D eigenvalue weighted by Crippen LogP contribution is 2.15. The van der Waals surface area contributed by atoms with Crippen LogP contribution in [0.5, 0.6) is 0 Å². The molecule has 2 aliphatic heterocycles. The van der Waals surface area contributed by atoms with Crippen LogP contribution in [-0.4, -0.2) is 84.6 Å². The minimum Gasteiger partial charge on any atom is -0.352 e. The van der Waals surface area contributed by atoms with Crippen LogP contribution in [0.2, 0.25) is 0 Å². The number of hydrogen-bond donors (Lipinski definition) is 1. The maximum atomic E-state index is 12.2. The second-order valence-electron chi connectivity index (χ2n) is 6.46. The van der Waals surface area contributed by atoms with E-state index in [0.29, 0.717) is 6.54 Å². The fourth-order valence-electron chi connectivity index (χ4n) is 3.16. The summed E-state index contributed by atoms with van der Waals surface area (Å²) in [6.07, 6.45) is 5.44. The van der Waals surface area contributed by atoms with Crippen LogP contribution < -0.4 is 10.2 Å². The van der Waals surface area contributed by atoms with E-state index in [0.717, 1.165) is 58.1 Å². The van der Waals surface area contributed by atoms with E-state index in [1.54, 1.807) is 12.4 Å². The molecule has 0 bridgehead atoms. The van der Waals surface area contributed by atoms with Gasteiger partial charge in [0.25, 0.3) is 0 Å². The second-order valence-corrected chi connectivity index (χ2v) is 6.46. The SMILES string of the molecule is CN1CCN(CC(=O)NC2CCN(c3ncccn3)CC2)CC1. The summed E-state index contributed by atoms with van der Waals surface area (Å²) in [6, 6.07) is 2.10. The second kappa shape index (κ2) is 7.70. The first kappa shape index (κ1) is 16.1. The van der Waals surface area contributed by atoms with E-state index in [9.17, 15) is 4.79 Å². The third-order valence-electron chi connectivity index (χ3n) is 4.66. The Kier molecular flexibility index (Phi) is 5.40. The van der Waals surface area contributed by atoms with Gasteiger partial charge < -0.3 is 15.1 Å². The molecule has 23 heavy (non-hydrogen) atoms. The van der Waals surface area contributed by atoms with Crippen molar-refractivity contribution < 1.29 is 4.79 Å². The van der Waals surface area contributed by atoms with Gasteiger partial charge in [0.05, 0.1) is 6.54 Å². The number of likely N-dealkylation sites (N-methyl/N-ethyl adjacent to an activating group) is 1. The van der Waals surface area contributed by atoms with Gasteiger partial charge in [0, 0.05) is 57.7 Å². The van der Waals surface area contributed by atoms with E-state index in [4.69, 9.17) is 0 Å². The third kappa shape index (κ3) is 4.62. The van der Waals surface area contributed by atoms with E-state index in [1.165, 1.54) is 0 Å². The average Bonchev–Trinajstić information content (AvgIpc) is 2.58. The van der Waals surface area contributed by atoms with Gasteiger partial charge in [-0.1, -0.05) is 0 Å². The summed E-state index contributed by atoms with van der Waals surface area (Å²) in [5.74, 6) is 0.943. The van der Waals surface area contributed by atoms with Crippen molar-refractivity contribution in [2.24, 2.45) is 0 Å². The van der Waals surface area contributed by atoms with Gasteiger partial charge in [0.15, 0.2) is 0 Å². The number of aromatic nitrogens is 2. The number of piperidine rings is 1. The lowest BCUT2D eigenvalue weighted by molar-refractivity contribution is -0.123. The predicted molar refractivity (Wildman–Crippen MR) is 89.3 cm³/mol. The molecule has 126 valence electrons. The lowest BCUT2D eigenvalue weighted by Gasteiger charge is -2.34. The van der Waals surface area contributed by atoms with Crippen LogP contribution in [0.1, 0.15) is 12.8 Å². The molecule has 1 aromatic rings. The highest BCUT2D eigenvalue weighted by atomic mass is 16.2. The first-order chi connectivity index (χ1) is 11.2. The largest absolute Gasteiger partial charge is 0.352 e. The number of nitrogens with zero attached hydrogens (tertiary/aromatic N) is 5. The van der Waals surface area contributed by atoms with Crippen molar-refractivity contribution in [3.05, 3.63) is 18.5 Å². The highest BCUT2D eigenvalue weighted by Gasteiger charge is 2.23. The van der Waals surface area contributed by atoms with E-state index in [-0.39, 0.29) is 11.9 Å². The van der Waals surface area contributed by atoms with Crippen molar-refractivity contribution in [1.29, 1.82) is 0 Å². The van der Waals surface area contributed by atoms with E-state index in [1.807, 2.05) is 6.07 Å². The molecule has 0 atom stereocenters. The zero-order valence-electron chi connectivity index (χ0n) is 13.8. The lowest BCUT2D eigenvalue weighted by atomic mass is 10.1. The summed E-state index contributed by atoms with van der Waals surface area (Å²) in [5.41, 5.74) is 0. The van der Waals surface area contributed by atoms with Crippen molar-refractivity contribution in [3.8, 4) is 0 Å². The molecule has 3 rings (SSSR count). The van der Waals surface area contributed by atoms with Gasteiger partial charge in [0.2, 0.25) is 11.9 Å². The zero-order chi connectivity index (χ0) is 16.1. The normalized spacial score (nSPS) is 21.3. The summed E-state index contributed by atoms with van der Waals surface area (Å²) in [7, 11) is 2.13. The van der Waals surface area contributed by atoms with Gasteiger partial charge in [0.1, 0.15) is 0 Å². The van der Waals surface area contributed by atoms with Crippen molar-refractivity contribution in [1.82, 2.24) is 25.1 Å². The third-order valence-corrected chi connectivity index (χ3v) is 4.66. The molecule has 0 aliphatic carbocycles. The molecule has 0 spiro atoms. The number of piperazine rings is 1. The smallest absolute Gasteiger partial charge is 0.234 e. The maximum Gasteiger partial charge on any atom is 0.234 e. The fraction of sp³-hybridized carbons (Fsp3) is 0.688. The van der Waals surface area contributed by atoms with Crippen LogP contribution in [0.25, 0.3) is 0 Å². The Bertz CT molecular complexity index is 495. The Balaban J connectivity index is 1.39. The van der Waals surface area contributed by atoms with Gasteiger partial charge in [-0.3, -0.25) is 9.69 Å². The number of anilines is 1. The monoisotopic (exact) mass is 318 g/mol. The van der Waals surface area contributed by atoms with Gasteiger partial charge in [-0.15, -0.1) is 0 Å². The summed E-state index contributed by atoms with van der Waals surface area (Å²) in [6.45, 7) is 6.36. The van der Waals surface area contributed by atoms with E-state index < -0.39 is 0 Å². The number of amides is 1. The van der Waals surface area contributed by atoms with Crippen molar-refractivity contribution in [2.75, 3.05) is 57.8 Å². The molecule has 7 nitrogen and oxygen atoms in total. The average molecular weight is 318 g/mol.